The molecule has 3 rings (SSSR count). The molecule has 2 aromatic rings. The SMILES string of the molecule is CCC(=O)NCc1cc2n(n1)CCN(Cc1ccc(N(C)CCO)cc1)C2. The second kappa shape index (κ2) is 9.01. The van der Waals surface area contributed by atoms with Gasteiger partial charge in [0.1, 0.15) is 0 Å². The first-order valence-corrected chi connectivity index (χ1v) is 9.54. The van der Waals surface area contributed by atoms with Crippen molar-refractivity contribution in [2.24, 2.45) is 0 Å². The van der Waals surface area contributed by atoms with Gasteiger partial charge in [-0.2, -0.15) is 5.10 Å². The van der Waals surface area contributed by atoms with Crippen LogP contribution in [-0.4, -0.2) is 52.4 Å². The summed E-state index contributed by atoms with van der Waals surface area (Å²) in [5.74, 6) is 0.0516. The number of nitrogens with zero attached hydrogens (tertiary/aromatic N) is 4. The summed E-state index contributed by atoms with van der Waals surface area (Å²) in [5, 5.41) is 16.5. The van der Waals surface area contributed by atoms with Gasteiger partial charge < -0.3 is 15.3 Å². The van der Waals surface area contributed by atoms with Crippen LogP contribution in [0, 0.1) is 0 Å². The van der Waals surface area contributed by atoms with E-state index in [2.05, 4.69) is 50.3 Å². The van der Waals surface area contributed by atoms with Crippen molar-refractivity contribution in [3.8, 4) is 0 Å². The highest BCUT2D eigenvalue weighted by Crippen LogP contribution is 2.18. The van der Waals surface area contributed by atoms with E-state index in [1.807, 2.05) is 18.9 Å². The fraction of sp³-hybridized carbons (Fsp3) is 0.500. The first-order valence-electron chi connectivity index (χ1n) is 9.54. The highest BCUT2D eigenvalue weighted by molar-refractivity contribution is 5.75. The number of amides is 1. The van der Waals surface area contributed by atoms with Crippen molar-refractivity contribution >= 4 is 11.6 Å². The molecule has 1 aliphatic rings. The minimum absolute atomic E-state index is 0.0516. The zero-order chi connectivity index (χ0) is 19.2. The molecule has 1 aromatic carbocycles. The average Bonchev–Trinajstić information content (AvgIpc) is 3.09. The maximum atomic E-state index is 11.4. The predicted molar refractivity (Wildman–Crippen MR) is 105 cm³/mol. The molecule has 0 radical (unpaired) electrons. The molecule has 27 heavy (non-hydrogen) atoms. The molecule has 0 atom stereocenters. The number of carbonyl (C=O) groups is 1. The molecule has 0 bridgehead atoms. The smallest absolute Gasteiger partial charge is 0.220 e. The summed E-state index contributed by atoms with van der Waals surface area (Å²) in [7, 11) is 1.98. The van der Waals surface area contributed by atoms with Crippen molar-refractivity contribution in [3.05, 3.63) is 47.3 Å². The van der Waals surface area contributed by atoms with Gasteiger partial charge in [0.05, 0.1) is 31.1 Å². The van der Waals surface area contributed by atoms with Crippen LogP contribution in [0.2, 0.25) is 0 Å². The maximum Gasteiger partial charge on any atom is 0.220 e. The second-order valence-corrected chi connectivity index (χ2v) is 7.00. The molecule has 146 valence electrons. The van der Waals surface area contributed by atoms with E-state index in [1.54, 1.807) is 0 Å². The zero-order valence-corrected chi connectivity index (χ0v) is 16.2. The van der Waals surface area contributed by atoms with Crippen LogP contribution in [0.15, 0.2) is 30.3 Å². The standard InChI is InChI=1S/C20H29N5O2/c1-3-20(27)21-13-17-12-19-15-24(8-9-25(19)22-17)14-16-4-6-18(7-5-16)23(2)10-11-26/h4-7,12,26H,3,8-11,13-15H2,1-2H3,(H,21,27). The molecule has 7 nitrogen and oxygen atoms in total. The van der Waals surface area contributed by atoms with Crippen LogP contribution in [0.1, 0.15) is 30.3 Å². The maximum absolute atomic E-state index is 11.4. The molecule has 1 amide bonds. The number of likely N-dealkylation sites (N-methyl/N-ethyl adjacent to an activating group) is 1. The molecule has 0 saturated carbocycles. The van der Waals surface area contributed by atoms with Crippen LogP contribution in [-0.2, 0) is 31.0 Å². The van der Waals surface area contributed by atoms with Crippen molar-refractivity contribution in [1.82, 2.24) is 20.0 Å². The number of carbonyl (C=O) groups excluding carboxylic acids is 1. The van der Waals surface area contributed by atoms with Gasteiger partial charge in [-0.3, -0.25) is 14.4 Å². The van der Waals surface area contributed by atoms with Gasteiger partial charge in [-0.15, -0.1) is 0 Å². The molecule has 2 N–H and O–H groups in total. The summed E-state index contributed by atoms with van der Waals surface area (Å²) in [6.07, 6.45) is 0.496. The molecule has 2 heterocycles. The number of rotatable bonds is 8. The number of fused-ring (bicyclic) bond motifs is 1. The Labute approximate surface area is 160 Å². The van der Waals surface area contributed by atoms with Gasteiger partial charge >= 0.3 is 0 Å². The van der Waals surface area contributed by atoms with Gasteiger partial charge in [0.15, 0.2) is 0 Å². The van der Waals surface area contributed by atoms with E-state index < -0.39 is 0 Å². The van der Waals surface area contributed by atoms with Crippen molar-refractivity contribution in [2.45, 2.75) is 39.5 Å². The van der Waals surface area contributed by atoms with Gasteiger partial charge in [0.2, 0.25) is 5.91 Å². The summed E-state index contributed by atoms with van der Waals surface area (Å²) < 4.78 is 2.05. The topological polar surface area (TPSA) is 73.6 Å². The number of anilines is 1. The fourth-order valence-corrected chi connectivity index (χ4v) is 3.31. The van der Waals surface area contributed by atoms with Gasteiger partial charge in [-0.05, 0) is 23.8 Å². The highest BCUT2D eigenvalue weighted by Gasteiger charge is 2.18. The van der Waals surface area contributed by atoms with E-state index in [0.29, 0.717) is 19.5 Å². The van der Waals surface area contributed by atoms with Crippen LogP contribution in [0.5, 0.6) is 0 Å². The average molecular weight is 371 g/mol. The van der Waals surface area contributed by atoms with E-state index in [4.69, 9.17) is 5.11 Å². The van der Waals surface area contributed by atoms with Crippen LogP contribution < -0.4 is 10.2 Å². The molecule has 7 heteroatoms. The number of aliphatic hydroxyl groups excluding tert-OH is 1. The number of aromatic nitrogens is 2. The van der Waals surface area contributed by atoms with Gasteiger partial charge in [0, 0.05) is 45.3 Å². The number of hydrogen-bond donors (Lipinski definition) is 2. The molecular formula is C20H29N5O2. The van der Waals surface area contributed by atoms with E-state index in [0.717, 1.165) is 37.6 Å². The summed E-state index contributed by atoms with van der Waals surface area (Å²) >= 11 is 0. The van der Waals surface area contributed by atoms with Crippen molar-refractivity contribution < 1.29 is 9.90 Å². The Kier molecular flexibility index (Phi) is 6.47. The number of hydrogen-bond acceptors (Lipinski definition) is 5. The fourth-order valence-electron chi connectivity index (χ4n) is 3.31. The molecule has 0 spiro atoms. The van der Waals surface area contributed by atoms with Gasteiger partial charge in [-0.25, -0.2) is 0 Å². The summed E-state index contributed by atoms with van der Waals surface area (Å²) in [4.78, 5) is 15.9. The summed E-state index contributed by atoms with van der Waals surface area (Å²) in [6, 6.07) is 10.6. The Morgan fingerprint density at radius 2 is 2.07 bits per heavy atom. The third kappa shape index (κ3) is 5.08. The first kappa shape index (κ1) is 19.4. The third-order valence-electron chi connectivity index (χ3n) is 4.93. The lowest BCUT2D eigenvalue weighted by atomic mass is 10.1. The lowest BCUT2D eigenvalue weighted by Crippen LogP contribution is -2.33. The van der Waals surface area contributed by atoms with E-state index in [1.165, 1.54) is 11.3 Å². The van der Waals surface area contributed by atoms with Crippen molar-refractivity contribution in [2.75, 3.05) is 31.6 Å². The lowest BCUT2D eigenvalue weighted by Gasteiger charge is -2.27. The summed E-state index contributed by atoms with van der Waals surface area (Å²) in [5.41, 5.74) is 4.51. The zero-order valence-electron chi connectivity index (χ0n) is 16.2. The van der Waals surface area contributed by atoms with E-state index in [9.17, 15) is 4.79 Å². The quantitative estimate of drug-likeness (QED) is 0.733. The van der Waals surface area contributed by atoms with E-state index in [-0.39, 0.29) is 12.5 Å². The molecule has 0 saturated heterocycles. The summed E-state index contributed by atoms with van der Waals surface area (Å²) in [6.45, 7) is 6.73. The van der Waals surface area contributed by atoms with Gasteiger partial charge in [-0.1, -0.05) is 19.1 Å². The van der Waals surface area contributed by atoms with Crippen LogP contribution in [0.25, 0.3) is 0 Å². The van der Waals surface area contributed by atoms with Crippen LogP contribution in [0.4, 0.5) is 5.69 Å². The minimum Gasteiger partial charge on any atom is -0.395 e. The van der Waals surface area contributed by atoms with Crippen molar-refractivity contribution in [1.29, 1.82) is 0 Å². The normalized spacial score (nSPS) is 14.0. The highest BCUT2D eigenvalue weighted by atomic mass is 16.3. The monoisotopic (exact) mass is 371 g/mol. The lowest BCUT2D eigenvalue weighted by molar-refractivity contribution is -0.120. The van der Waals surface area contributed by atoms with E-state index >= 15 is 0 Å². The molecular weight excluding hydrogens is 342 g/mol. The Bertz CT molecular complexity index is 756. The Hall–Kier alpha value is -2.38. The molecule has 0 aliphatic carbocycles. The Balaban J connectivity index is 1.56. The van der Waals surface area contributed by atoms with Gasteiger partial charge in [0.25, 0.3) is 0 Å². The Morgan fingerprint density at radius 3 is 2.78 bits per heavy atom. The number of benzene rings is 1. The Morgan fingerprint density at radius 1 is 1.30 bits per heavy atom. The predicted octanol–water partition coefficient (Wildman–Crippen LogP) is 1.35. The van der Waals surface area contributed by atoms with Crippen molar-refractivity contribution in [3.63, 3.8) is 0 Å². The first-order chi connectivity index (χ1) is 13.1. The van der Waals surface area contributed by atoms with Crippen LogP contribution in [0.3, 0.4) is 0 Å². The number of nitrogens with one attached hydrogen (secondary N) is 1. The molecule has 1 aliphatic heterocycles. The minimum atomic E-state index is 0.0516. The number of aliphatic hydroxyl groups is 1. The largest absolute Gasteiger partial charge is 0.395 e. The second-order valence-electron chi connectivity index (χ2n) is 7.00. The molecule has 0 fully saturated rings. The molecule has 1 aromatic heterocycles. The third-order valence-corrected chi connectivity index (χ3v) is 4.93. The van der Waals surface area contributed by atoms with Crippen LogP contribution >= 0.6 is 0 Å². The molecule has 0 unspecified atom stereocenters.